The molecule has 0 fully saturated rings. The SMILES string of the molecule is CCC[CH2][Sn]([CH2]CCC)([O]c1ccccc1C(CC)C(C)C)[O]c1ccccc1C(CC)C(C)C. The quantitative estimate of drug-likeness (QED) is 0.182. The summed E-state index contributed by atoms with van der Waals surface area (Å²) in [7, 11) is 0. The van der Waals surface area contributed by atoms with Crippen molar-refractivity contribution < 1.29 is 6.15 Å². The molecule has 0 radical (unpaired) electrons. The first-order valence-electron chi connectivity index (χ1n) is 14.4. The number of hydrogen-bond acceptors (Lipinski definition) is 2. The van der Waals surface area contributed by atoms with Gasteiger partial charge in [0.1, 0.15) is 0 Å². The fourth-order valence-corrected chi connectivity index (χ4v) is 15.9. The van der Waals surface area contributed by atoms with Crippen molar-refractivity contribution in [2.45, 2.75) is 115 Å². The molecule has 2 aromatic rings. The zero-order valence-electron chi connectivity index (χ0n) is 23.9. The molecular formula is C32H52O2Sn. The molecule has 2 atom stereocenters. The van der Waals surface area contributed by atoms with E-state index in [-0.39, 0.29) is 0 Å². The van der Waals surface area contributed by atoms with Crippen LogP contribution in [-0.4, -0.2) is 19.2 Å². The first-order valence-corrected chi connectivity index (χ1v) is 20.7. The number of hydrogen-bond donors (Lipinski definition) is 0. The molecule has 0 spiro atoms. The Hall–Kier alpha value is -1.16. The van der Waals surface area contributed by atoms with Gasteiger partial charge in [-0.15, -0.1) is 0 Å². The van der Waals surface area contributed by atoms with Crippen LogP contribution in [-0.2, 0) is 0 Å². The van der Waals surface area contributed by atoms with Gasteiger partial charge in [0.2, 0.25) is 0 Å². The monoisotopic (exact) mass is 588 g/mol. The Balaban J connectivity index is 2.58. The third kappa shape index (κ3) is 8.44. The molecule has 0 aromatic heterocycles. The standard InChI is InChI=1S/2C12H18O.2C4H9.Sn/c2*1-4-10(9(2)3)11-7-5-6-8-12(11)13;2*1-3-4-2;/h2*5-10,13H,4H2,1-3H3;2*1,3-4H2,2H3;/q;;;;+2/p-2. The van der Waals surface area contributed by atoms with Gasteiger partial charge >= 0.3 is 223 Å². The Labute approximate surface area is 222 Å². The van der Waals surface area contributed by atoms with E-state index in [1.54, 1.807) is 0 Å². The van der Waals surface area contributed by atoms with Crippen LogP contribution in [0.1, 0.15) is 117 Å². The van der Waals surface area contributed by atoms with Gasteiger partial charge < -0.3 is 0 Å². The molecule has 2 aromatic carbocycles. The topological polar surface area (TPSA) is 18.5 Å². The zero-order valence-corrected chi connectivity index (χ0v) is 26.8. The van der Waals surface area contributed by atoms with Crippen LogP contribution in [0.15, 0.2) is 48.5 Å². The Bertz CT molecular complexity index is 789. The summed E-state index contributed by atoms with van der Waals surface area (Å²) in [6.45, 7) is 18.5. The minimum absolute atomic E-state index is 0.505. The number of benzene rings is 2. The average Bonchev–Trinajstić information content (AvgIpc) is 2.84. The second kappa shape index (κ2) is 15.2. The summed E-state index contributed by atoms with van der Waals surface area (Å²) < 4.78 is 16.8. The number of unbranched alkanes of at least 4 members (excludes halogenated alkanes) is 2. The third-order valence-electron chi connectivity index (χ3n) is 7.54. The van der Waals surface area contributed by atoms with E-state index >= 15 is 0 Å². The molecule has 0 saturated carbocycles. The van der Waals surface area contributed by atoms with Crippen LogP contribution < -0.4 is 6.15 Å². The van der Waals surface area contributed by atoms with Gasteiger partial charge in [0.25, 0.3) is 0 Å². The molecule has 35 heavy (non-hydrogen) atoms. The van der Waals surface area contributed by atoms with Gasteiger partial charge in [0, 0.05) is 0 Å². The molecule has 0 saturated heterocycles. The van der Waals surface area contributed by atoms with Crippen molar-refractivity contribution >= 4 is 19.2 Å². The predicted octanol–water partition coefficient (Wildman–Crippen LogP) is 10.5. The molecule has 0 bridgehead atoms. The van der Waals surface area contributed by atoms with Crippen molar-refractivity contribution in [1.82, 2.24) is 0 Å². The molecule has 0 amide bonds. The molecule has 0 aliphatic carbocycles. The molecule has 2 unspecified atom stereocenters. The second-order valence-corrected chi connectivity index (χ2v) is 20.1. The van der Waals surface area contributed by atoms with Crippen LogP contribution in [0.4, 0.5) is 0 Å². The van der Waals surface area contributed by atoms with Gasteiger partial charge in [-0.3, -0.25) is 0 Å². The number of rotatable bonds is 16. The summed E-state index contributed by atoms with van der Waals surface area (Å²) in [4.78, 5) is 0. The summed E-state index contributed by atoms with van der Waals surface area (Å²) >= 11 is -3.54. The van der Waals surface area contributed by atoms with Gasteiger partial charge in [0.05, 0.1) is 0 Å². The van der Waals surface area contributed by atoms with Crippen LogP contribution in [0.25, 0.3) is 0 Å². The first kappa shape index (κ1) is 30.1. The molecule has 0 N–H and O–H groups in total. The molecule has 2 rings (SSSR count). The van der Waals surface area contributed by atoms with Crippen LogP contribution in [0.5, 0.6) is 11.5 Å². The summed E-state index contributed by atoms with van der Waals surface area (Å²) in [6.07, 6.45) is 6.95. The molecule has 0 aliphatic rings. The van der Waals surface area contributed by atoms with Crippen molar-refractivity contribution in [1.29, 1.82) is 0 Å². The molecule has 0 heterocycles. The van der Waals surface area contributed by atoms with Crippen molar-refractivity contribution in [2.75, 3.05) is 0 Å². The van der Waals surface area contributed by atoms with E-state index in [0.29, 0.717) is 23.7 Å². The van der Waals surface area contributed by atoms with Gasteiger partial charge in [-0.2, -0.15) is 0 Å². The van der Waals surface area contributed by atoms with Crippen LogP contribution in [0.3, 0.4) is 0 Å². The molecular weight excluding hydrogens is 535 g/mol. The van der Waals surface area contributed by atoms with Gasteiger partial charge in [0.15, 0.2) is 0 Å². The van der Waals surface area contributed by atoms with Gasteiger partial charge in [-0.05, 0) is 0 Å². The Morgan fingerprint density at radius 1 is 0.600 bits per heavy atom. The van der Waals surface area contributed by atoms with Crippen LogP contribution >= 0.6 is 0 Å². The molecule has 0 aliphatic heterocycles. The maximum absolute atomic E-state index is 7.29. The fourth-order valence-electron chi connectivity index (χ4n) is 5.50. The summed E-state index contributed by atoms with van der Waals surface area (Å²) in [6, 6.07) is 17.6. The zero-order chi connectivity index (χ0) is 25.8. The summed E-state index contributed by atoms with van der Waals surface area (Å²) in [5.41, 5.74) is 2.73. The molecule has 3 heteroatoms. The van der Waals surface area contributed by atoms with Gasteiger partial charge in [-0.1, -0.05) is 0 Å². The average molecular weight is 587 g/mol. The predicted molar refractivity (Wildman–Crippen MR) is 155 cm³/mol. The minimum atomic E-state index is -3.54. The van der Waals surface area contributed by atoms with Crippen molar-refractivity contribution in [3.8, 4) is 11.5 Å². The van der Waals surface area contributed by atoms with Crippen molar-refractivity contribution in [2.24, 2.45) is 11.8 Å². The Morgan fingerprint density at radius 2 is 0.971 bits per heavy atom. The Kier molecular flexibility index (Phi) is 13.0. The third-order valence-corrected chi connectivity index (χ3v) is 17.3. The fraction of sp³-hybridized carbons (Fsp3) is 0.625. The first-order chi connectivity index (χ1) is 16.8. The summed E-state index contributed by atoms with van der Waals surface area (Å²) in [5, 5.41) is 0. The van der Waals surface area contributed by atoms with Crippen molar-refractivity contribution in [3.05, 3.63) is 59.7 Å². The summed E-state index contributed by atoms with van der Waals surface area (Å²) in [5.74, 6) is 4.35. The van der Waals surface area contributed by atoms with E-state index in [1.807, 2.05) is 0 Å². The van der Waals surface area contributed by atoms with Crippen LogP contribution in [0, 0.1) is 11.8 Å². The second-order valence-electron chi connectivity index (χ2n) is 10.9. The maximum atomic E-state index is 7.29. The van der Waals surface area contributed by atoms with Gasteiger partial charge in [-0.25, -0.2) is 0 Å². The van der Waals surface area contributed by atoms with E-state index in [1.165, 1.54) is 36.8 Å². The van der Waals surface area contributed by atoms with Crippen molar-refractivity contribution in [3.63, 3.8) is 0 Å². The van der Waals surface area contributed by atoms with Crippen LogP contribution in [0.2, 0.25) is 8.87 Å². The molecule has 2 nitrogen and oxygen atoms in total. The van der Waals surface area contributed by atoms with E-state index in [0.717, 1.165) is 33.2 Å². The van der Waals surface area contributed by atoms with E-state index in [9.17, 15) is 0 Å². The Morgan fingerprint density at radius 3 is 1.29 bits per heavy atom. The normalized spacial score (nSPS) is 13.8. The molecule has 196 valence electrons. The van der Waals surface area contributed by atoms with E-state index in [2.05, 4.69) is 104 Å². The van der Waals surface area contributed by atoms with E-state index < -0.39 is 19.2 Å². The van der Waals surface area contributed by atoms with E-state index in [4.69, 9.17) is 6.15 Å². The number of para-hydroxylation sites is 2.